The summed E-state index contributed by atoms with van der Waals surface area (Å²) in [5.41, 5.74) is 2.98. The van der Waals surface area contributed by atoms with Gasteiger partial charge in [0.05, 0.1) is 40.3 Å². The number of nitrogens with two attached hydrogens (primary N) is 1. The molecule has 236 valence electrons. The molecule has 0 radical (unpaired) electrons. The summed E-state index contributed by atoms with van der Waals surface area (Å²) in [7, 11) is -3.89. The first-order chi connectivity index (χ1) is 20.7. The lowest BCUT2D eigenvalue weighted by molar-refractivity contribution is -0.137. The zero-order valence-electron chi connectivity index (χ0n) is 23.8. The lowest BCUT2D eigenvalue weighted by Crippen LogP contribution is -2.58. The third kappa shape index (κ3) is 4.60. The van der Waals surface area contributed by atoms with Gasteiger partial charge in [0.25, 0.3) is 0 Å². The largest absolute Gasteiger partial charge is 0.417 e. The molecule has 3 aliphatic heterocycles. The quantitative estimate of drug-likeness (QED) is 0.297. The maximum absolute atomic E-state index is 17.8. The molecule has 2 aromatic carbocycles. The Balaban J connectivity index is 1.69. The van der Waals surface area contributed by atoms with Gasteiger partial charge in [-0.3, -0.25) is 9.36 Å². The molecule has 0 saturated carbocycles. The van der Waals surface area contributed by atoms with Crippen molar-refractivity contribution in [2.24, 2.45) is 5.73 Å². The second-order valence-electron chi connectivity index (χ2n) is 11.3. The van der Waals surface area contributed by atoms with Gasteiger partial charge in [0.15, 0.2) is 0 Å². The average molecular weight is 658 g/mol. The smallest absolute Gasteiger partial charge is 0.374 e. The first-order valence-corrected chi connectivity index (χ1v) is 16.0. The molecule has 8 nitrogen and oxygen atoms in total. The molecule has 1 saturated heterocycles. The molecule has 15 heteroatoms. The molecule has 1 fully saturated rings. The molecule has 4 unspecified atom stereocenters. The van der Waals surface area contributed by atoms with Crippen LogP contribution in [-0.4, -0.2) is 70.5 Å². The fraction of sp³-hybridized carbons (Fsp3) is 0.414. The molecule has 44 heavy (non-hydrogen) atoms. The van der Waals surface area contributed by atoms with E-state index >= 15 is 3.89 Å². The van der Waals surface area contributed by atoms with E-state index in [0.29, 0.717) is 0 Å². The monoisotopic (exact) mass is 657 g/mol. The van der Waals surface area contributed by atoms with Crippen molar-refractivity contribution in [2.45, 2.75) is 54.5 Å². The predicted octanol–water partition coefficient (Wildman–Crippen LogP) is 5.26. The Bertz CT molecular complexity index is 1770. The van der Waals surface area contributed by atoms with Crippen molar-refractivity contribution in [1.29, 1.82) is 0 Å². The van der Waals surface area contributed by atoms with E-state index < -0.39 is 68.2 Å². The highest BCUT2D eigenvalue weighted by atomic mass is 35.5. The highest BCUT2D eigenvalue weighted by Crippen LogP contribution is 2.76. The van der Waals surface area contributed by atoms with Gasteiger partial charge in [-0.25, -0.2) is 9.18 Å². The number of rotatable bonds is 5. The van der Waals surface area contributed by atoms with Crippen LogP contribution in [0.2, 0.25) is 5.02 Å². The van der Waals surface area contributed by atoms with Gasteiger partial charge < -0.3 is 20.3 Å². The molecule has 1 aromatic heterocycles. The molecule has 2 N–H and O–H groups in total. The van der Waals surface area contributed by atoms with E-state index in [4.69, 9.17) is 22.1 Å². The van der Waals surface area contributed by atoms with E-state index in [-0.39, 0.29) is 70.8 Å². The van der Waals surface area contributed by atoms with Crippen molar-refractivity contribution in [1.82, 2.24) is 14.5 Å². The Morgan fingerprint density at radius 1 is 1.23 bits per heavy atom. The molecule has 0 spiro atoms. The average Bonchev–Trinajstić information content (AvgIpc) is 3.09. The number of hydrogen-bond acceptors (Lipinski definition) is 6. The van der Waals surface area contributed by atoms with E-state index in [1.54, 1.807) is 23.6 Å². The maximum Gasteiger partial charge on any atom is 0.417 e. The van der Waals surface area contributed by atoms with Crippen molar-refractivity contribution >= 4 is 44.6 Å². The topological polar surface area (TPSA) is 93.7 Å². The molecule has 3 aliphatic rings. The van der Waals surface area contributed by atoms with Crippen LogP contribution in [0.25, 0.3) is 22.0 Å². The summed E-state index contributed by atoms with van der Waals surface area (Å²) in [5, 5.41) is -0.533. The minimum Gasteiger partial charge on any atom is -0.374 e. The molecule has 4 heterocycles. The number of alkyl halides is 3. The SMILES string of the molecule is C=CC(=O)N1C(C)CN(c2nc(=O)n3c4c5c(c(C(F)(F)F)cc24)-c2cc(Cl)c(F)cc2S5(F)CC(OCCN)C3)CC1C. The first-order valence-electron chi connectivity index (χ1n) is 13.9. The normalized spacial score (nSPS) is 25.9. The molecular weight excluding hydrogens is 629 g/mol. The molecule has 0 aliphatic carbocycles. The maximum atomic E-state index is 17.8. The van der Waals surface area contributed by atoms with Gasteiger partial charge in [-0.15, -0.1) is 0 Å². The summed E-state index contributed by atoms with van der Waals surface area (Å²) in [6, 6.07) is 1.93. The summed E-state index contributed by atoms with van der Waals surface area (Å²) >= 11 is 6.03. The Morgan fingerprint density at radius 2 is 1.91 bits per heavy atom. The third-order valence-electron chi connectivity index (χ3n) is 8.39. The fourth-order valence-corrected chi connectivity index (χ4v) is 10.1. The third-order valence-corrected chi connectivity index (χ3v) is 11.6. The van der Waals surface area contributed by atoms with Crippen LogP contribution in [0.5, 0.6) is 0 Å². The van der Waals surface area contributed by atoms with Crippen LogP contribution in [0.15, 0.2) is 45.4 Å². The van der Waals surface area contributed by atoms with E-state index in [1.165, 1.54) is 6.08 Å². The number of carbonyl (C=O) groups is 1. The number of benzene rings is 2. The van der Waals surface area contributed by atoms with Crippen LogP contribution >= 0.6 is 22.0 Å². The number of aromatic nitrogens is 2. The molecule has 0 bridgehead atoms. The number of ether oxygens (including phenoxy) is 1. The van der Waals surface area contributed by atoms with E-state index in [0.717, 1.165) is 22.8 Å². The van der Waals surface area contributed by atoms with Crippen molar-refractivity contribution in [2.75, 3.05) is 36.9 Å². The molecule has 4 atom stereocenters. The Kier molecular flexibility index (Phi) is 7.50. The van der Waals surface area contributed by atoms with Crippen LogP contribution in [0.1, 0.15) is 19.4 Å². The molecule has 6 rings (SSSR count). The minimum atomic E-state index is -4.96. The standard InChI is InChI=1S/C29H29ClF5N5O3S/c1-4-23(41)40-14(2)10-38(11-15(40)3)27-18-7-19(29(32,33)34)24-17-8-20(30)21(31)9-22(17)44(35)13-16(43-6-5-36)12-39(28(42)37-27)25(18)26(24)44/h4,7-9,14-16H,1,5-6,10-13,36H2,2-3H3. The minimum absolute atomic E-state index is 0.00587. The number of fused-ring (bicyclic) bond motifs is 3. The van der Waals surface area contributed by atoms with Crippen LogP contribution in [0, 0.1) is 5.82 Å². The fourth-order valence-electron chi connectivity index (χ4n) is 6.77. The first kappa shape index (κ1) is 30.8. The van der Waals surface area contributed by atoms with Crippen molar-refractivity contribution in [3.63, 3.8) is 0 Å². The summed E-state index contributed by atoms with van der Waals surface area (Å²) in [6.07, 6.45) is -4.75. The number of halogens is 6. The highest BCUT2D eigenvalue weighted by Gasteiger charge is 2.51. The van der Waals surface area contributed by atoms with Crippen LogP contribution in [-0.2, 0) is 22.3 Å². The van der Waals surface area contributed by atoms with Gasteiger partial charge in [0.2, 0.25) is 5.91 Å². The summed E-state index contributed by atoms with van der Waals surface area (Å²) in [4.78, 5) is 33.2. The molecule has 1 amide bonds. The van der Waals surface area contributed by atoms with E-state index in [2.05, 4.69) is 11.6 Å². The summed E-state index contributed by atoms with van der Waals surface area (Å²) in [6.45, 7) is 7.26. The Morgan fingerprint density at radius 3 is 2.52 bits per heavy atom. The predicted molar refractivity (Wildman–Crippen MR) is 158 cm³/mol. The molecule has 3 aromatic rings. The summed E-state index contributed by atoms with van der Waals surface area (Å²) < 4.78 is 84.3. The zero-order valence-corrected chi connectivity index (χ0v) is 25.3. The van der Waals surface area contributed by atoms with Crippen molar-refractivity contribution in [3.05, 3.63) is 57.7 Å². The zero-order chi connectivity index (χ0) is 31.9. The lowest BCUT2D eigenvalue weighted by atomic mass is 9.96. The Hall–Kier alpha value is -3.20. The van der Waals surface area contributed by atoms with Gasteiger partial charge in [-0.05, 0) is 54.1 Å². The number of nitrogens with zero attached hydrogens (tertiary/aromatic N) is 4. The van der Waals surface area contributed by atoms with Gasteiger partial charge >= 0.3 is 11.9 Å². The van der Waals surface area contributed by atoms with Crippen LogP contribution in [0.4, 0.5) is 27.3 Å². The van der Waals surface area contributed by atoms with Gasteiger partial charge in [-0.1, -0.05) is 18.2 Å². The van der Waals surface area contributed by atoms with E-state index in [1.807, 2.05) is 0 Å². The number of hydrogen-bond donors (Lipinski definition) is 1. The lowest BCUT2D eigenvalue weighted by Gasteiger charge is -2.44. The van der Waals surface area contributed by atoms with Crippen LogP contribution < -0.4 is 16.3 Å². The molecular formula is C29H29ClF5N5O3S. The number of carbonyl (C=O) groups excluding carboxylic acids is 1. The van der Waals surface area contributed by atoms with Gasteiger partial charge in [0, 0.05) is 53.3 Å². The van der Waals surface area contributed by atoms with Gasteiger partial charge in [0.1, 0.15) is 11.6 Å². The summed E-state index contributed by atoms with van der Waals surface area (Å²) in [5.74, 6) is -1.75. The van der Waals surface area contributed by atoms with Crippen LogP contribution in [0.3, 0.4) is 0 Å². The Labute approximate surface area is 255 Å². The van der Waals surface area contributed by atoms with Crippen molar-refractivity contribution in [3.8, 4) is 11.1 Å². The second-order valence-corrected chi connectivity index (χ2v) is 14.2. The number of amides is 1. The van der Waals surface area contributed by atoms with Gasteiger partial charge in [-0.2, -0.15) is 22.0 Å². The number of anilines is 1. The van der Waals surface area contributed by atoms with Crippen molar-refractivity contribution < 1.29 is 31.0 Å². The number of piperazine rings is 1. The second kappa shape index (κ2) is 10.7. The highest BCUT2D eigenvalue weighted by molar-refractivity contribution is 8.30. The van der Waals surface area contributed by atoms with E-state index in [9.17, 15) is 27.2 Å².